The molecule has 0 saturated carbocycles. The second-order valence-electron chi connectivity index (χ2n) is 18.9. The van der Waals surface area contributed by atoms with E-state index >= 15 is 0 Å². The molecule has 0 saturated heterocycles. The van der Waals surface area contributed by atoms with Gasteiger partial charge in [-0.15, -0.1) is 42.6 Å². The van der Waals surface area contributed by atoms with Crippen LogP contribution >= 0.6 is 0 Å². The van der Waals surface area contributed by atoms with Gasteiger partial charge in [0.25, 0.3) is 0 Å². The van der Waals surface area contributed by atoms with E-state index < -0.39 is 5.41 Å². The standard InChI is InChI=1S/C63H45N6O.Pt/c1-62(2,3)46-33-34-64-56(37-46)69-54-32-18-31-52-57(54)58-53(63(52,44-23-12-6-13-24-44)45-25-14-7-15-26-45)39-49(40-55(58)69)70-48-28-16-27-47(38-48)67-41-68(61-60(67)65-35-36-66-61)59-50(42-19-8-4-9-20-42)29-17-30-51(59)43-21-10-5-11-22-43;/h4-37,39,41H,1-3H3;/q-3;. The number of aromatic nitrogens is 4. The molecule has 4 heterocycles. The van der Waals surface area contributed by atoms with Gasteiger partial charge in [0.15, 0.2) is 0 Å². The molecule has 0 N–H and O–H groups in total. The fourth-order valence-corrected chi connectivity index (χ4v) is 10.8. The van der Waals surface area contributed by atoms with Crippen molar-refractivity contribution >= 4 is 44.8 Å². The molecule has 8 heteroatoms. The van der Waals surface area contributed by atoms with Crippen LogP contribution in [0.15, 0.2) is 213 Å². The Morgan fingerprint density at radius 2 is 1.11 bits per heavy atom. The van der Waals surface area contributed by atoms with Crippen LogP contribution < -0.4 is 14.5 Å². The normalized spacial score (nSPS) is 13.5. The third-order valence-electron chi connectivity index (χ3n) is 13.9. The van der Waals surface area contributed by atoms with E-state index in [2.05, 4.69) is 213 Å². The zero-order chi connectivity index (χ0) is 47.0. The van der Waals surface area contributed by atoms with Crippen molar-refractivity contribution in [2.24, 2.45) is 0 Å². The molecule has 0 fully saturated rings. The topological polar surface area (TPSA) is 59.3 Å². The minimum absolute atomic E-state index is 0. The molecule has 11 aromatic rings. The van der Waals surface area contributed by atoms with Crippen LogP contribution in [0.2, 0.25) is 0 Å². The van der Waals surface area contributed by atoms with Crippen LogP contribution in [-0.2, 0) is 31.9 Å². The number of pyridine rings is 1. The number of anilines is 4. The molecule has 0 radical (unpaired) electrons. The van der Waals surface area contributed by atoms with Crippen LogP contribution in [0.1, 0.15) is 48.6 Å². The molecule has 0 bridgehead atoms. The first-order valence-corrected chi connectivity index (χ1v) is 23.7. The third-order valence-corrected chi connectivity index (χ3v) is 13.9. The number of fused-ring (bicyclic) bond motifs is 1. The van der Waals surface area contributed by atoms with E-state index in [0.717, 1.165) is 61.4 Å². The van der Waals surface area contributed by atoms with E-state index in [1.165, 1.54) is 27.6 Å². The van der Waals surface area contributed by atoms with Gasteiger partial charge in [0.1, 0.15) is 17.5 Å². The van der Waals surface area contributed by atoms with Gasteiger partial charge in [0, 0.05) is 78.9 Å². The van der Waals surface area contributed by atoms with Crippen LogP contribution in [0.3, 0.4) is 0 Å². The van der Waals surface area contributed by atoms with E-state index in [1.807, 2.05) is 41.4 Å². The molecule has 0 atom stereocenters. The van der Waals surface area contributed by atoms with Gasteiger partial charge in [-0.1, -0.05) is 189 Å². The summed E-state index contributed by atoms with van der Waals surface area (Å²) in [5.74, 6) is 3.32. The maximum atomic E-state index is 7.06. The Balaban J connectivity index is 0.00000517. The van der Waals surface area contributed by atoms with Crippen LogP contribution in [-0.4, -0.2) is 19.5 Å². The molecular formula is C63H45N6OPt-3. The van der Waals surface area contributed by atoms with Crippen molar-refractivity contribution in [2.75, 3.05) is 9.80 Å². The average molecular weight is 1100 g/mol. The smallest absolute Gasteiger partial charge is 0.145 e. The molecule has 7 nitrogen and oxygen atoms in total. The van der Waals surface area contributed by atoms with Crippen LogP contribution in [0.4, 0.5) is 23.0 Å². The molecule has 346 valence electrons. The molecule has 1 aliphatic carbocycles. The Bertz CT molecular complexity index is 3680. The number of benzene rings is 8. The maximum absolute atomic E-state index is 7.06. The first kappa shape index (κ1) is 44.1. The molecule has 8 aromatic carbocycles. The summed E-state index contributed by atoms with van der Waals surface area (Å²) in [5, 5.41) is 2.33. The molecule has 0 spiro atoms. The zero-order valence-electron chi connectivity index (χ0n) is 39.2. The number of hydrogen-bond acceptors (Lipinski definition) is 6. The number of nitrogens with zero attached hydrogens (tertiary/aromatic N) is 6. The number of ether oxygens (including phenoxy) is 1. The Hall–Kier alpha value is -8.12. The van der Waals surface area contributed by atoms with Gasteiger partial charge in [-0.2, -0.15) is 6.07 Å². The molecule has 0 unspecified atom stereocenters. The van der Waals surface area contributed by atoms with E-state index in [1.54, 1.807) is 12.4 Å². The van der Waals surface area contributed by atoms with Crippen molar-refractivity contribution in [3.8, 4) is 39.6 Å². The fourth-order valence-electron chi connectivity index (χ4n) is 10.8. The molecular weight excluding hydrogens is 1050 g/mol. The molecule has 0 amide bonds. The predicted molar refractivity (Wildman–Crippen MR) is 281 cm³/mol. The second-order valence-corrected chi connectivity index (χ2v) is 18.9. The second kappa shape index (κ2) is 17.4. The van der Waals surface area contributed by atoms with Crippen molar-refractivity contribution in [1.29, 1.82) is 0 Å². The van der Waals surface area contributed by atoms with Crippen molar-refractivity contribution in [1.82, 2.24) is 19.5 Å². The number of rotatable bonds is 9. The Morgan fingerprint density at radius 1 is 0.521 bits per heavy atom. The number of para-hydroxylation sites is 1. The van der Waals surface area contributed by atoms with Crippen LogP contribution in [0, 0.1) is 18.8 Å². The van der Waals surface area contributed by atoms with E-state index in [0.29, 0.717) is 23.1 Å². The van der Waals surface area contributed by atoms with E-state index in [-0.39, 0.29) is 26.5 Å². The Kier molecular flexibility index (Phi) is 10.8. The quantitative estimate of drug-likeness (QED) is 0.134. The summed E-state index contributed by atoms with van der Waals surface area (Å²) in [6, 6.07) is 75.8. The van der Waals surface area contributed by atoms with E-state index in [4.69, 9.17) is 19.7 Å². The summed E-state index contributed by atoms with van der Waals surface area (Å²) in [4.78, 5) is 19.1. The maximum Gasteiger partial charge on any atom is 0.145 e. The summed E-state index contributed by atoms with van der Waals surface area (Å²) in [6.45, 7) is 8.78. The van der Waals surface area contributed by atoms with Gasteiger partial charge < -0.3 is 19.1 Å². The average Bonchev–Trinajstić information content (AvgIpc) is 4.07. The van der Waals surface area contributed by atoms with Gasteiger partial charge in [-0.25, -0.2) is 15.0 Å². The molecule has 2 aliphatic rings. The number of hydrogen-bond donors (Lipinski definition) is 0. The summed E-state index contributed by atoms with van der Waals surface area (Å²) < 4.78 is 9.33. The first-order valence-electron chi connectivity index (χ1n) is 23.7. The summed E-state index contributed by atoms with van der Waals surface area (Å²) in [6.07, 6.45) is 5.41. The van der Waals surface area contributed by atoms with Gasteiger partial charge in [-0.05, 0) is 62.4 Å². The molecule has 13 rings (SSSR count). The minimum atomic E-state index is -0.644. The summed E-state index contributed by atoms with van der Waals surface area (Å²) in [5.41, 5.74) is 13.2. The summed E-state index contributed by atoms with van der Waals surface area (Å²) >= 11 is 0. The van der Waals surface area contributed by atoms with Gasteiger partial charge >= 0.3 is 0 Å². The van der Waals surface area contributed by atoms with Crippen molar-refractivity contribution in [3.63, 3.8) is 0 Å². The molecule has 1 aliphatic heterocycles. The van der Waals surface area contributed by atoms with Gasteiger partial charge in [0.2, 0.25) is 0 Å². The SMILES string of the molecule is CC(C)(C)c1ccnc(-n2c3[c-]c(Oc4[c-]c(N5[CH-]N(c6c(-c7ccccc7)cccc6-c6ccccc6)c6nccnc65)ccc4)cc4c3c3c(cccc32)C4(c2ccccc2)c2ccccc2)c1.[Pt]. The van der Waals surface area contributed by atoms with Gasteiger partial charge in [-0.3, -0.25) is 0 Å². The fraction of sp³-hybridized carbons (Fsp3) is 0.0794. The Labute approximate surface area is 428 Å². The first-order chi connectivity index (χ1) is 34.4. The van der Waals surface area contributed by atoms with Crippen LogP contribution in [0.25, 0.3) is 49.9 Å². The molecule has 71 heavy (non-hydrogen) atoms. The monoisotopic (exact) mass is 1100 g/mol. The largest absolute Gasteiger partial charge is 0.509 e. The van der Waals surface area contributed by atoms with Crippen molar-refractivity contribution in [3.05, 3.63) is 259 Å². The van der Waals surface area contributed by atoms with Gasteiger partial charge in [0.05, 0.1) is 0 Å². The minimum Gasteiger partial charge on any atom is -0.509 e. The van der Waals surface area contributed by atoms with Crippen molar-refractivity contribution in [2.45, 2.75) is 31.6 Å². The van der Waals surface area contributed by atoms with Crippen molar-refractivity contribution < 1.29 is 25.8 Å². The zero-order valence-corrected chi connectivity index (χ0v) is 41.5. The summed E-state index contributed by atoms with van der Waals surface area (Å²) in [7, 11) is 0. The predicted octanol–water partition coefficient (Wildman–Crippen LogP) is 15.1. The molecule has 3 aromatic heterocycles. The van der Waals surface area contributed by atoms with E-state index in [9.17, 15) is 0 Å². The van der Waals surface area contributed by atoms with Crippen LogP contribution in [0.5, 0.6) is 11.5 Å². The Morgan fingerprint density at radius 3 is 1.75 bits per heavy atom. The third kappa shape index (κ3) is 7.09.